The number of aliphatic imine (C=N–C) groups is 1. The monoisotopic (exact) mass is 301 g/mol. The van der Waals surface area contributed by atoms with Crippen molar-refractivity contribution in [2.45, 2.75) is 6.54 Å². The number of carbonyl (C=O) groups is 1. The van der Waals surface area contributed by atoms with Crippen molar-refractivity contribution >= 4 is 23.5 Å². The van der Waals surface area contributed by atoms with Crippen LogP contribution in [0.1, 0.15) is 11.3 Å². The molecule has 1 N–H and O–H groups in total. The molecule has 0 aliphatic carbocycles. The molecule has 4 rings (SSSR count). The van der Waals surface area contributed by atoms with Crippen molar-refractivity contribution in [1.29, 1.82) is 0 Å². The summed E-state index contributed by atoms with van der Waals surface area (Å²) in [6.07, 6.45) is 5.47. The smallest absolute Gasteiger partial charge is 0.435 e. The van der Waals surface area contributed by atoms with Crippen LogP contribution >= 0.6 is 11.6 Å². The fraction of sp³-hybridized carbons (Fsp3) is 0.0714. The Balaban J connectivity index is 2.09. The third-order valence-electron chi connectivity index (χ3n) is 3.82. The summed E-state index contributed by atoms with van der Waals surface area (Å²) in [6.45, 7) is 0.247. The van der Waals surface area contributed by atoms with Gasteiger partial charge in [0.15, 0.2) is 0 Å². The molecule has 1 atom stereocenters. The lowest BCUT2D eigenvalue weighted by molar-refractivity contribution is -0.722. The average Bonchev–Trinajstić information content (AvgIpc) is 3.05. The van der Waals surface area contributed by atoms with E-state index in [1.807, 2.05) is 4.57 Å². The lowest BCUT2D eigenvalue weighted by Crippen LogP contribution is -2.49. The van der Waals surface area contributed by atoms with Crippen LogP contribution in [0.25, 0.3) is 5.69 Å². The highest BCUT2D eigenvalue weighted by molar-refractivity contribution is 6.31. The minimum atomic E-state index is -0.974. The highest BCUT2D eigenvalue weighted by atomic mass is 35.5. The van der Waals surface area contributed by atoms with Gasteiger partial charge in [0.05, 0.1) is 35.7 Å². The number of aromatic nitrogens is 2. The summed E-state index contributed by atoms with van der Waals surface area (Å²) in [7, 11) is 0. The molecule has 1 unspecified atom stereocenters. The molecule has 1 aromatic carbocycles. The maximum absolute atomic E-state index is 11.9. The lowest BCUT2D eigenvalue weighted by Gasteiger charge is -2.23. The van der Waals surface area contributed by atoms with Gasteiger partial charge in [0.25, 0.3) is 5.84 Å². The van der Waals surface area contributed by atoms with E-state index in [0.29, 0.717) is 10.9 Å². The van der Waals surface area contributed by atoms with E-state index in [4.69, 9.17) is 11.6 Å². The van der Waals surface area contributed by atoms with Gasteiger partial charge in [-0.3, -0.25) is 4.57 Å². The zero-order valence-corrected chi connectivity index (χ0v) is 11.5. The first-order chi connectivity index (χ1) is 10.1. The molecule has 2 aliphatic heterocycles. The number of nitrogens with zero attached hydrogens (tertiary/aromatic N) is 4. The molecule has 1 amide bonds. The van der Waals surface area contributed by atoms with E-state index in [1.165, 1.54) is 6.20 Å². The number of amides is 1. The molecule has 3 heterocycles. The summed E-state index contributed by atoms with van der Waals surface area (Å²) >= 11 is 6.09. The Bertz CT molecular complexity index is 839. The summed E-state index contributed by atoms with van der Waals surface area (Å²) in [6, 6.07) is 5.33. The second kappa shape index (κ2) is 4.03. The number of hydrogen-bond acceptors (Lipinski definition) is 3. The Morgan fingerprint density at radius 3 is 3.10 bits per heavy atom. The van der Waals surface area contributed by atoms with Gasteiger partial charge in [-0.15, -0.1) is 4.48 Å². The number of rotatable bonds is 0. The van der Waals surface area contributed by atoms with Gasteiger partial charge in [0.1, 0.15) is 12.7 Å². The third kappa shape index (κ3) is 1.54. The summed E-state index contributed by atoms with van der Waals surface area (Å²) in [5.41, 5.74) is 2.32. The average molecular weight is 302 g/mol. The van der Waals surface area contributed by atoms with Crippen LogP contribution in [0.2, 0.25) is 5.02 Å². The molecule has 0 spiro atoms. The van der Waals surface area contributed by atoms with Crippen LogP contribution in [0.5, 0.6) is 0 Å². The SMILES string of the molecule is O=C(O)[N+]12C=CN=C1c1ccc(Cl)cc1-n1cncc1C2. The molecular weight excluding hydrogens is 292 g/mol. The van der Waals surface area contributed by atoms with Crippen molar-refractivity contribution in [2.24, 2.45) is 4.99 Å². The number of quaternary nitrogens is 1. The largest absolute Gasteiger partial charge is 0.525 e. The van der Waals surface area contributed by atoms with E-state index in [0.717, 1.165) is 16.9 Å². The Morgan fingerprint density at radius 2 is 2.29 bits per heavy atom. The highest BCUT2D eigenvalue weighted by Gasteiger charge is 2.48. The molecule has 21 heavy (non-hydrogen) atoms. The Labute approximate surface area is 124 Å². The van der Waals surface area contributed by atoms with Crippen LogP contribution in [0.3, 0.4) is 0 Å². The normalized spacial score (nSPS) is 22.0. The summed E-state index contributed by atoms with van der Waals surface area (Å²) in [5.74, 6) is 0.484. The molecule has 1 aromatic heterocycles. The van der Waals surface area contributed by atoms with Crippen LogP contribution in [0, 0.1) is 0 Å². The number of hydrogen-bond donors (Lipinski definition) is 1. The van der Waals surface area contributed by atoms with Gasteiger partial charge in [0.2, 0.25) is 0 Å². The Kier molecular flexibility index (Phi) is 2.36. The number of imidazole rings is 1. The summed E-state index contributed by atoms with van der Waals surface area (Å²) < 4.78 is 1.50. The van der Waals surface area contributed by atoms with E-state index in [1.54, 1.807) is 36.9 Å². The quantitative estimate of drug-likeness (QED) is 0.761. The second-order valence-corrected chi connectivity index (χ2v) is 5.41. The number of fused-ring (bicyclic) bond motifs is 5. The van der Waals surface area contributed by atoms with Crippen LogP contribution in [0.4, 0.5) is 4.79 Å². The number of amidine groups is 1. The minimum absolute atomic E-state index is 0.247. The van der Waals surface area contributed by atoms with Crippen molar-refractivity contribution in [1.82, 2.24) is 9.55 Å². The van der Waals surface area contributed by atoms with E-state index in [2.05, 4.69) is 9.98 Å². The summed E-state index contributed by atoms with van der Waals surface area (Å²) in [4.78, 5) is 20.3. The van der Waals surface area contributed by atoms with E-state index >= 15 is 0 Å². The molecule has 0 saturated carbocycles. The van der Waals surface area contributed by atoms with Crippen molar-refractivity contribution in [3.05, 3.63) is 59.4 Å². The first-order valence-electron chi connectivity index (χ1n) is 6.31. The molecule has 0 radical (unpaired) electrons. The van der Waals surface area contributed by atoms with Gasteiger partial charge in [0, 0.05) is 5.02 Å². The molecule has 0 bridgehead atoms. The number of halogens is 1. The van der Waals surface area contributed by atoms with E-state index in [9.17, 15) is 9.90 Å². The van der Waals surface area contributed by atoms with Crippen molar-refractivity contribution in [3.63, 3.8) is 0 Å². The van der Waals surface area contributed by atoms with Crippen LogP contribution in [0.15, 0.2) is 48.1 Å². The second-order valence-electron chi connectivity index (χ2n) is 4.98. The van der Waals surface area contributed by atoms with Gasteiger partial charge in [-0.1, -0.05) is 11.6 Å². The fourth-order valence-corrected chi connectivity index (χ4v) is 3.00. The molecule has 0 saturated heterocycles. The van der Waals surface area contributed by atoms with Crippen molar-refractivity contribution in [2.75, 3.05) is 0 Å². The Morgan fingerprint density at radius 1 is 1.43 bits per heavy atom. The topological polar surface area (TPSA) is 67.5 Å². The van der Waals surface area contributed by atoms with Crippen LogP contribution < -0.4 is 0 Å². The standard InChI is InChI=1S/C14H9ClN4O2/c15-9-1-2-11-12(5-9)18-8-16-6-10(18)7-19(14(20)21)4-3-17-13(11)19/h1-6,8H,7H2/p+1. The third-order valence-corrected chi connectivity index (χ3v) is 4.06. The lowest BCUT2D eigenvalue weighted by atomic mass is 10.1. The van der Waals surface area contributed by atoms with Crippen LogP contribution in [-0.2, 0) is 6.54 Å². The van der Waals surface area contributed by atoms with Crippen molar-refractivity contribution in [3.8, 4) is 5.69 Å². The maximum atomic E-state index is 11.9. The van der Waals surface area contributed by atoms with Gasteiger partial charge in [-0.2, -0.15) is 9.79 Å². The first-order valence-corrected chi connectivity index (χ1v) is 6.68. The fourth-order valence-electron chi connectivity index (χ4n) is 2.83. The highest BCUT2D eigenvalue weighted by Crippen LogP contribution is 2.34. The molecule has 104 valence electrons. The van der Waals surface area contributed by atoms with Gasteiger partial charge in [-0.25, -0.2) is 4.98 Å². The Hall–Kier alpha value is -2.44. The maximum Gasteiger partial charge on any atom is 0.525 e. The minimum Gasteiger partial charge on any atom is -0.435 e. The zero-order valence-electron chi connectivity index (χ0n) is 10.8. The summed E-state index contributed by atoms with van der Waals surface area (Å²) in [5, 5.41) is 10.3. The van der Waals surface area contributed by atoms with Crippen LogP contribution in [-0.4, -0.2) is 31.1 Å². The molecule has 2 aromatic rings. The zero-order chi connectivity index (χ0) is 14.6. The number of carboxylic acid groups (broad SMARTS) is 1. The predicted molar refractivity (Wildman–Crippen MR) is 76.2 cm³/mol. The molecule has 0 fully saturated rings. The molecule has 7 heteroatoms. The van der Waals surface area contributed by atoms with Gasteiger partial charge >= 0.3 is 6.09 Å². The predicted octanol–water partition coefficient (Wildman–Crippen LogP) is 2.77. The van der Waals surface area contributed by atoms with Gasteiger partial charge in [-0.05, 0) is 18.2 Å². The molecule has 6 nitrogen and oxygen atoms in total. The van der Waals surface area contributed by atoms with E-state index in [-0.39, 0.29) is 11.0 Å². The van der Waals surface area contributed by atoms with Gasteiger partial charge < -0.3 is 5.11 Å². The number of benzene rings is 1. The van der Waals surface area contributed by atoms with Crippen molar-refractivity contribution < 1.29 is 14.4 Å². The molecule has 2 aliphatic rings. The molecular formula is C14H10ClN4O2+. The first kappa shape index (κ1) is 12.3. The van der Waals surface area contributed by atoms with E-state index < -0.39 is 6.09 Å².